The van der Waals surface area contributed by atoms with Crippen LogP contribution >= 0.6 is 11.6 Å². The minimum atomic E-state index is -4.60. The second-order valence-electron chi connectivity index (χ2n) is 8.47. The number of amides is 2. The number of anilines is 1. The summed E-state index contributed by atoms with van der Waals surface area (Å²) >= 11 is 6.08. The predicted molar refractivity (Wildman–Crippen MR) is 133 cm³/mol. The van der Waals surface area contributed by atoms with Crippen molar-refractivity contribution in [3.63, 3.8) is 0 Å². The molecule has 0 aromatic heterocycles. The number of carbonyl (C=O) groups is 3. The van der Waals surface area contributed by atoms with Gasteiger partial charge in [-0.15, -0.1) is 0 Å². The lowest BCUT2D eigenvalue weighted by Crippen LogP contribution is -2.46. The number of halogens is 4. The van der Waals surface area contributed by atoms with E-state index in [4.69, 9.17) is 16.3 Å². The van der Waals surface area contributed by atoms with Gasteiger partial charge in [-0.25, -0.2) is 4.79 Å². The molecule has 0 aliphatic heterocycles. The molecule has 37 heavy (non-hydrogen) atoms. The van der Waals surface area contributed by atoms with Crippen LogP contribution in [0.3, 0.4) is 0 Å². The van der Waals surface area contributed by atoms with Crippen LogP contribution in [0.15, 0.2) is 78.9 Å². The van der Waals surface area contributed by atoms with Crippen molar-refractivity contribution in [1.82, 2.24) is 5.32 Å². The predicted octanol–water partition coefficient (Wildman–Crippen LogP) is 6.04. The van der Waals surface area contributed by atoms with E-state index in [9.17, 15) is 27.6 Å². The first-order chi connectivity index (χ1) is 17.5. The summed E-state index contributed by atoms with van der Waals surface area (Å²) in [6.07, 6.45) is -6.10. The zero-order chi connectivity index (χ0) is 27.2. The Balaban J connectivity index is 1.84. The van der Waals surface area contributed by atoms with Crippen molar-refractivity contribution in [3.05, 3.63) is 101 Å². The molecule has 194 valence electrons. The average molecular weight is 533 g/mol. The molecule has 3 aromatic carbocycles. The van der Waals surface area contributed by atoms with E-state index in [1.807, 2.05) is 0 Å². The fourth-order valence-corrected chi connectivity index (χ4v) is 3.65. The van der Waals surface area contributed by atoms with Gasteiger partial charge in [-0.1, -0.05) is 74.0 Å². The Labute approximate surface area is 216 Å². The third-order valence-electron chi connectivity index (χ3n) is 5.36. The number of benzene rings is 3. The fourth-order valence-electron chi connectivity index (χ4n) is 3.43. The molecule has 0 radical (unpaired) electrons. The van der Waals surface area contributed by atoms with Crippen LogP contribution in [-0.2, 0) is 20.5 Å². The zero-order valence-corrected chi connectivity index (χ0v) is 20.6. The van der Waals surface area contributed by atoms with Gasteiger partial charge in [-0.05, 0) is 36.2 Å². The molecule has 0 fully saturated rings. The number of ether oxygens (including phenoxy) is 1. The number of esters is 1. The van der Waals surface area contributed by atoms with Crippen LogP contribution in [0.1, 0.15) is 41.4 Å². The number of rotatable bonds is 8. The Morgan fingerprint density at radius 1 is 0.892 bits per heavy atom. The lowest BCUT2D eigenvalue weighted by molar-refractivity contribution is -0.157. The molecular weight excluding hydrogens is 509 g/mol. The Morgan fingerprint density at radius 3 is 2.16 bits per heavy atom. The molecule has 0 heterocycles. The molecule has 0 saturated carbocycles. The Morgan fingerprint density at radius 2 is 1.54 bits per heavy atom. The Kier molecular flexibility index (Phi) is 8.94. The van der Waals surface area contributed by atoms with Crippen LogP contribution in [0.4, 0.5) is 18.9 Å². The van der Waals surface area contributed by atoms with E-state index >= 15 is 0 Å². The number of hydrogen-bond donors (Lipinski definition) is 2. The fraction of sp³-hybridized carbons (Fsp3) is 0.222. The summed E-state index contributed by atoms with van der Waals surface area (Å²) in [5, 5.41) is 5.16. The summed E-state index contributed by atoms with van der Waals surface area (Å²) in [7, 11) is 0. The summed E-state index contributed by atoms with van der Waals surface area (Å²) in [6, 6.07) is 17.3. The van der Waals surface area contributed by atoms with E-state index in [1.165, 1.54) is 30.3 Å². The van der Waals surface area contributed by atoms with E-state index in [0.29, 0.717) is 5.56 Å². The van der Waals surface area contributed by atoms with Gasteiger partial charge >= 0.3 is 12.1 Å². The molecule has 3 rings (SSSR count). The molecule has 6 nitrogen and oxygen atoms in total. The molecule has 2 atom stereocenters. The third kappa shape index (κ3) is 7.33. The number of hydrogen-bond acceptors (Lipinski definition) is 4. The van der Waals surface area contributed by atoms with Crippen molar-refractivity contribution in [2.75, 3.05) is 5.32 Å². The highest BCUT2D eigenvalue weighted by Gasteiger charge is 2.33. The summed E-state index contributed by atoms with van der Waals surface area (Å²) in [4.78, 5) is 39.0. The van der Waals surface area contributed by atoms with E-state index < -0.39 is 47.6 Å². The minimum absolute atomic E-state index is 0.121. The first kappa shape index (κ1) is 27.7. The maximum Gasteiger partial charge on any atom is 0.416 e. The van der Waals surface area contributed by atoms with Gasteiger partial charge in [0.05, 0.1) is 16.1 Å². The smallest absolute Gasteiger partial charge is 0.416 e. The highest BCUT2D eigenvalue weighted by atomic mass is 35.5. The van der Waals surface area contributed by atoms with Crippen molar-refractivity contribution < 1.29 is 32.3 Å². The second kappa shape index (κ2) is 11.9. The van der Waals surface area contributed by atoms with E-state index in [2.05, 4.69) is 10.6 Å². The van der Waals surface area contributed by atoms with Gasteiger partial charge in [-0.3, -0.25) is 9.59 Å². The summed E-state index contributed by atoms with van der Waals surface area (Å²) in [5.41, 5.74) is -0.616. The van der Waals surface area contributed by atoms with Crippen LogP contribution in [-0.4, -0.2) is 23.8 Å². The highest BCUT2D eigenvalue weighted by molar-refractivity contribution is 6.33. The first-order valence-corrected chi connectivity index (χ1v) is 11.6. The van der Waals surface area contributed by atoms with Gasteiger partial charge in [0.1, 0.15) is 6.04 Å². The summed E-state index contributed by atoms with van der Waals surface area (Å²) < 4.78 is 44.8. The molecule has 2 amide bonds. The van der Waals surface area contributed by atoms with Gasteiger partial charge in [0.15, 0.2) is 0 Å². The van der Waals surface area contributed by atoms with Crippen LogP contribution in [0.5, 0.6) is 0 Å². The Hall–Kier alpha value is -3.85. The molecule has 3 aromatic rings. The number of nitrogens with one attached hydrogen (secondary N) is 2. The van der Waals surface area contributed by atoms with Crippen molar-refractivity contribution in [3.8, 4) is 0 Å². The Bertz CT molecular complexity index is 1270. The van der Waals surface area contributed by atoms with E-state index in [-0.39, 0.29) is 16.3 Å². The molecule has 0 aliphatic carbocycles. The standard InChI is InChI=1S/C27H24ClF3N2O4/c1-16(2)22(33-24(34)20-13-6-7-14-21(20)28)26(36)37-23(17-9-4-3-5-10-17)25(35)32-19-12-8-11-18(15-19)27(29,30)31/h3-16,22-23H,1-2H3,(H,32,35)(H,33,34). The van der Waals surface area contributed by atoms with Gasteiger partial charge in [0.2, 0.25) is 6.10 Å². The minimum Gasteiger partial charge on any atom is -0.446 e. The molecule has 0 saturated heterocycles. The average Bonchev–Trinajstić information content (AvgIpc) is 2.85. The quantitative estimate of drug-likeness (QED) is 0.347. The summed E-state index contributed by atoms with van der Waals surface area (Å²) in [6.45, 7) is 3.36. The zero-order valence-electron chi connectivity index (χ0n) is 19.9. The molecule has 10 heteroatoms. The molecule has 0 aliphatic rings. The topological polar surface area (TPSA) is 84.5 Å². The van der Waals surface area contributed by atoms with E-state index in [0.717, 1.165) is 18.2 Å². The number of alkyl halides is 3. The molecule has 0 spiro atoms. The monoisotopic (exact) mass is 532 g/mol. The lowest BCUT2D eigenvalue weighted by atomic mass is 10.0. The van der Waals surface area contributed by atoms with Gasteiger partial charge in [0, 0.05) is 11.3 Å². The molecule has 2 unspecified atom stereocenters. The lowest BCUT2D eigenvalue weighted by Gasteiger charge is -2.25. The van der Waals surface area contributed by atoms with Crippen LogP contribution in [0.25, 0.3) is 0 Å². The largest absolute Gasteiger partial charge is 0.446 e. The normalized spacial score (nSPS) is 12.9. The molecule has 0 bridgehead atoms. The maximum absolute atomic E-state index is 13.2. The van der Waals surface area contributed by atoms with Crippen LogP contribution in [0.2, 0.25) is 5.02 Å². The second-order valence-corrected chi connectivity index (χ2v) is 8.88. The van der Waals surface area contributed by atoms with Crippen molar-refractivity contribution in [1.29, 1.82) is 0 Å². The van der Waals surface area contributed by atoms with E-state index in [1.54, 1.807) is 44.2 Å². The van der Waals surface area contributed by atoms with Crippen molar-refractivity contribution in [2.45, 2.75) is 32.2 Å². The number of carbonyl (C=O) groups excluding carboxylic acids is 3. The van der Waals surface area contributed by atoms with Gasteiger partial charge < -0.3 is 15.4 Å². The van der Waals surface area contributed by atoms with Crippen molar-refractivity contribution in [2.24, 2.45) is 5.92 Å². The van der Waals surface area contributed by atoms with Crippen LogP contribution < -0.4 is 10.6 Å². The first-order valence-electron chi connectivity index (χ1n) is 11.3. The van der Waals surface area contributed by atoms with Crippen LogP contribution in [0, 0.1) is 5.92 Å². The van der Waals surface area contributed by atoms with Gasteiger partial charge in [-0.2, -0.15) is 13.2 Å². The SMILES string of the molecule is CC(C)C(NC(=O)c1ccccc1Cl)C(=O)OC(C(=O)Nc1cccc(C(F)(F)F)c1)c1ccccc1. The third-order valence-corrected chi connectivity index (χ3v) is 5.69. The maximum atomic E-state index is 13.2. The highest BCUT2D eigenvalue weighted by Crippen LogP contribution is 2.31. The molecule has 2 N–H and O–H groups in total. The van der Waals surface area contributed by atoms with Crippen molar-refractivity contribution >= 4 is 35.1 Å². The summed E-state index contributed by atoms with van der Waals surface area (Å²) in [5.74, 6) is -2.80. The van der Waals surface area contributed by atoms with Gasteiger partial charge in [0.25, 0.3) is 11.8 Å². The molecular formula is C27H24ClF3N2O4.